The van der Waals surface area contributed by atoms with Crippen LogP contribution in [0.5, 0.6) is 0 Å². The monoisotopic (exact) mass is 262 g/mol. The first-order chi connectivity index (χ1) is 6.52. The molecule has 0 fully saturated rings. The zero-order valence-corrected chi connectivity index (χ0v) is 8.66. The van der Waals surface area contributed by atoms with E-state index in [-0.39, 0.29) is 10.0 Å². The van der Waals surface area contributed by atoms with Gasteiger partial charge in [-0.1, -0.05) is 12.1 Å². The van der Waals surface area contributed by atoms with Crippen molar-refractivity contribution in [2.75, 3.05) is 0 Å². The molecule has 1 aromatic rings. The molecule has 14 heavy (non-hydrogen) atoms. The number of aliphatic hydroxyl groups is 1. The van der Waals surface area contributed by atoms with E-state index >= 15 is 0 Å². The van der Waals surface area contributed by atoms with Crippen LogP contribution in [-0.4, -0.2) is 16.2 Å². The maximum atomic E-state index is 13.0. The van der Waals surface area contributed by atoms with Gasteiger partial charge in [0.15, 0.2) is 0 Å². The second-order valence-corrected chi connectivity index (χ2v) is 3.55. The van der Waals surface area contributed by atoms with E-state index in [2.05, 4.69) is 15.9 Å². The van der Waals surface area contributed by atoms with E-state index in [1.54, 1.807) is 0 Å². The van der Waals surface area contributed by atoms with Crippen molar-refractivity contribution in [1.82, 2.24) is 0 Å². The van der Waals surface area contributed by atoms with Gasteiger partial charge in [0, 0.05) is 0 Å². The molecule has 3 nitrogen and oxygen atoms in total. The predicted molar refractivity (Wildman–Crippen MR) is 51.3 cm³/mol. The minimum atomic E-state index is -1.20. The second kappa shape index (κ2) is 4.52. The zero-order chi connectivity index (χ0) is 10.7. The van der Waals surface area contributed by atoms with Crippen molar-refractivity contribution in [1.29, 1.82) is 0 Å². The molecule has 2 N–H and O–H groups in total. The number of carboxylic acids is 1. The fourth-order valence-corrected chi connectivity index (χ4v) is 1.58. The van der Waals surface area contributed by atoms with E-state index in [1.165, 1.54) is 18.2 Å². The molecule has 0 unspecified atom stereocenters. The molecule has 1 rings (SSSR count). The smallest absolute Gasteiger partial charge is 0.306 e. The lowest BCUT2D eigenvalue weighted by molar-refractivity contribution is -0.139. The summed E-state index contributed by atoms with van der Waals surface area (Å²) in [6.45, 7) is 0. The minimum absolute atomic E-state index is 0.105. The quantitative estimate of drug-likeness (QED) is 0.877. The highest BCUT2D eigenvalue weighted by Gasteiger charge is 2.16. The Balaban J connectivity index is 2.95. The largest absolute Gasteiger partial charge is 0.481 e. The Morgan fingerprint density at radius 1 is 1.57 bits per heavy atom. The van der Waals surface area contributed by atoms with Gasteiger partial charge in [-0.05, 0) is 27.6 Å². The van der Waals surface area contributed by atoms with Crippen molar-refractivity contribution in [2.24, 2.45) is 0 Å². The van der Waals surface area contributed by atoms with Crippen LogP contribution in [0.1, 0.15) is 18.1 Å². The number of hydrogen-bond acceptors (Lipinski definition) is 2. The van der Waals surface area contributed by atoms with E-state index in [9.17, 15) is 14.3 Å². The summed E-state index contributed by atoms with van der Waals surface area (Å²) in [5.41, 5.74) is 0.243. The van der Waals surface area contributed by atoms with Crippen LogP contribution in [0.2, 0.25) is 0 Å². The van der Waals surface area contributed by atoms with E-state index in [1.807, 2.05) is 0 Å². The van der Waals surface area contributed by atoms with Gasteiger partial charge in [-0.2, -0.15) is 0 Å². The van der Waals surface area contributed by atoms with Gasteiger partial charge < -0.3 is 10.2 Å². The number of halogens is 2. The summed E-state index contributed by atoms with van der Waals surface area (Å²) in [5, 5.41) is 17.9. The Labute approximate surface area is 88.3 Å². The number of carboxylic acid groups (broad SMARTS) is 1. The minimum Gasteiger partial charge on any atom is -0.481 e. The summed E-state index contributed by atoms with van der Waals surface area (Å²) in [6, 6.07) is 4.11. The number of rotatable bonds is 3. The topological polar surface area (TPSA) is 57.5 Å². The average molecular weight is 263 g/mol. The van der Waals surface area contributed by atoms with Crippen molar-refractivity contribution in [2.45, 2.75) is 12.5 Å². The van der Waals surface area contributed by atoms with Crippen molar-refractivity contribution in [3.05, 3.63) is 34.1 Å². The fraction of sp³-hybridized carbons (Fsp3) is 0.222. The molecule has 0 aliphatic rings. The molecule has 0 aromatic heterocycles. The Morgan fingerprint density at radius 3 is 2.79 bits per heavy atom. The van der Waals surface area contributed by atoms with Crippen LogP contribution in [0.15, 0.2) is 22.7 Å². The summed E-state index contributed by atoms with van der Waals surface area (Å²) >= 11 is 2.94. The third-order valence-corrected chi connectivity index (χ3v) is 2.55. The summed E-state index contributed by atoms with van der Waals surface area (Å²) in [6.07, 6.45) is -1.64. The maximum absolute atomic E-state index is 13.0. The van der Waals surface area contributed by atoms with Gasteiger partial charge in [-0.25, -0.2) is 4.39 Å². The Bertz CT molecular complexity index is 354. The zero-order valence-electron chi connectivity index (χ0n) is 7.08. The molecule has 1 atom stereocenters. The Kier molecular flexibility index (Phi) is 3.60. The van der Waals surface area contributed by atoms with Crippen LogP contribution >= 0.6 is 15.9 Å². The highest BCUT2D eigenvalue weighted by Crippen LogP contribution is 2.27. The van der Waals surface area contributed by atoms with Crippen molar-refractivity contribution >= 4 is 21.9 Å². The molecule has 0 saturated heterocycles. The maximum Gasteiger partial charge on any atom is 0.306 e. The van der Waals surface area contributed by atoms with Gasteiger partial charge in [-0.3, -0.25) is 4.79 Å². The summed E-state index contributed by atoms with van der Waals surface area (Å²) in [4.78, 5) is 10.3. The molecule has 0 aliphatic heterocycles. The van der Waals surface area contributed by atoms with E-state index in [0.29, 0.717) is 0 Å². The molecule has 0 amide bonds. The SMILES string of the molecule is O=C(O)C[C@H](O)c1cccc(F)c1Br. The second-order valence-electron chi connectivity index (χ2n) is 2.76. The van der Waals surface area contributed by atoms with E-state index in [4.69, 9.17) is 5.11 Å². The van der Waals surface area contributed by atoms with Crippen LogP contribution in [0.3, 0.4) is 0 Å². The molecular formula is C9H8BrFO3. The Morgan fingerprint density at radius 2 is 2.21 bits per heavy atom. The molecule has 0 aliphatic carbocycles. The van der Waals surface area contributed by atoms with E-state index in [0.717, 1.165) is 0 Å². The van der Waals surface area contributed by atoms with Crippen LogP contribution in [0, 0.1) is 5.82 Å². The molecule has 0 spiro atoms. The predicted octanol–water partition coefficient (Wildman–Crippen LogP) is 2.10. The average Bonchev–Trinajstić information content (AvgIpc) is 2.08. The summed E-state index contributed by atoms with van der Waals surface area (Å²) in [5.74, 6) is -1.65. The van der Waals surface area contributed by atoms with Gasteiger partial charge in [-0.15, -0.1) is 0 Å². The van der Waals surface area contributed by atoms with Gasteiger partial charge in [0.2, 0.25) is 0 Å². The highest BCUT2D eigenvalue weighted by atomic mass is 79.9. The number of aliphatic carboxylic acids is 1. The lowest BCUT2D eigenvalue weighted by Crippen LogP contribution is -2.06. The number of carbonyl (C=O) groups is 1. The van der Waals surface area contributed by atoms with Crippen molar-refractivity contribution < 1.29 is 19.4 Å². The molecular weight excluding hydrogens is 255 g/mol. The van der Waals surface area contributed by atoms with Crippen LogP contribution in [0.4, 0.5) is 4.39 Å². The first-order valence-electron chi connectivity index (χ1n) is 3.86. The van der Waals surface area contributed by atoms with Crippen LogP contribution < -0.4 is 0 Å². The van der Waals surface area contributed by atoms with E-state index < -0.39 is 24.3 Å². The third kappa shape index (κ3) is 2.52. The van der Waals surface area contributed by atoms with Crippen molar-refractivity contribution in [3.63, 3.8) is 0 Å². The van der Waals surface area contributed by atoms with Crippen LogP contribution in [-0.2, 0) is 4.79 Å². The van der Waals surface area contributed by atoms with Gasteiger partial charge in [0.1, 0.15) is 5.82 Å². The molecule has 0 radical (unpaired) electrons. The normalized spacial score (nSPS) is 12.5. The molecule has 5 heteroatoms. The lowest BCUT2D eigenvalue weighted by Gasteiger charge is -2.10. The molecule has 0 bridgehead atoms. The van der Waals surface area contributed by atoms with Gasteiger partial charge >= 0.3 is 5.97 Å². The van der Waals surface area contributed by atoms with Gasteiger partial charge in [0.25, 0.3) is 0 Å². The number of benzene rings is 1. The number of hydrogen-bond donors (Lipinski definition) is 2. The summed E-state index contributed by atoms with van der Waals surface area (Å²) < 4.78 is 13.1. The molecule has 76 valence electrons. The Hall–Kier alpha value is -0.940. The highest BCUT2D eigenvalue weighted by molar-refractivity contribution is 9.10. The first-order valence-corrected chi connectivity index (χ1v) is 4.65. The fourth-order valence-electron chi connectivity index (χ4n) is 1.05. The lowest BCUT2D eigenvalue weighted by atomic mass is 10.1. The molecule has 0 heterocycles. The standard InChI is InChI=1S/C9H8BrFO3/c10-9-5(2-1-3-6(9)11)7(12)4-8(13)14/h1-3,7,12H,4H2,(H,13,14)/t7-/m0/s1. The molecule has 0 saturated carbocycles. The van der Waals surface area contributed by atoms with Crippen LogP contribution in [0.25, 0.3) is 0 Å². The van der Waals surface area contributed by atoms with Gasteiger partial charge in [0.05, 0.1) is 17.0 Å². The third-order valence-electron chi connectivity index (χ3n) is 1.71. The first kappa shape index (κ1) is 11.1. The number of aliphatic hydroxyl groups excluding tert-OH is 1. The molecule has 1 aromatic carbocycles. The van der Waals surface area contributed by atoms with Crippen molar-refractivity contribution in [3.8, 4) is 0 Å². The summed E-state index contributed by atoms with van der Waals surface area (Å²) in [7, 11) is 0.